The maximum atomic E-state index is 11.2. The van der Waals surface area contributed by atoms with Gasteiger partial charge in [-0.3, -0.25) is 4.79 Å². The molecule has 1 aliphatic carbocycles. The van der Waals surface area contributed by atoms with Crippen molar-refractivity contribution in [3.8, 4) is 5.75 Å². The van der Waals surface area contributed by atoms with Crippen LogP contribution in [0.1, 0.15) is 78.2 Å². The Kier molecular flexibility index (Phi) is 8.15. The Labute approximate surface area is 165 Å². The van der Waals surface area contributed by atoms with Crippen LogP contribution in [0.4, 0.5) is 0 Å². The van der Waals surface area contributed by atoms with E-state index in [2.05, 4.69) is 50.4 Å². The van der Waals surface area contributed by atoms with Crippen molar-refractivity contribution in [2.75, 3.05) is 6.61 Å². The number of benzene rings is 1. The van der Waals surface area contributed by atoms with Crippen molar-refractivity contribution < 1.29 is 9.53 Å². The fraction of sp³-hybridized carbons (Fsp3) is 0.696. The summed E-state index contributed by atoms with van der Waals surface area (Å²) in [6, 6.07) is 9.47. The van der Waals surface area contributed by atoms with Gasteiger partial charge in [0.25, 0.3) is 0 Å². The summed E-state index contributed by atoms with van der Waals surface area (Å²) >= 11 is 0. The Morgan fingerprint density at radius 1 is 1.22 bits per heavy atom. The van der Waals surface area contributed by atoms with Crippen molar-refractivity contribution in [1.29, 1.82) is 0 Å². The van der Waals surface area contributed by atoms with Crippen LogP contribution in [0.15, 0.2) is 24.3 Å². The van der Waals surface area contributed by atoms with E-state index in [0.29, 0.717) is 31.0 Å². The molecule has 0 radical (unpaired) electrons. The number of hydrogen-bond acceptors (Lipinski definition) is 3. The van der Waals surface area contributed by atoms with Gasteiger partial charge in [-0.05, 0) is 62.6 Å². The van der Waals surface area contributed by atoms with Crippen LogP contribution in [0.2, 0.25) is 0 Å². The minimum Gasteiger partial charge on any atom is -0.494 e. The van der Waals surface area contributed by atoms with Crippen LogP contribution >= 0.6 is 0 Å². The Morgan fingerprint density at radius 2 is 1.89 bits per heavy atom. The van der Waals surface area contributed by atoms with E-state index >= 15 is 0 Å². The minimum atomic E-state index is -0.208. The van der Waals surface area contributed by atoms with Gasteiger partial charge in [-0.2, -0.15) is 0 Å². The standard InChI is InChI=1S/C23H38N2O2/c1-5-19(10-13-22(24)26)25-21(16-17(3)4)23(14-7-15-23)18-8-11-20(12-9-18)27-6-2/h8-9,11-12,17,19,21,25H,5-7,10,13-16H2,1-4H3,(H2,24,26). The van der Waals surface area contributed by atoms with Crippen LogP contribution in [0.3, 0.4) is 0 Å². The van der Waals surface area contributed by atoms with Gasteiger partial charge in [0.05, 0.1) is 6.61 Å². The van der Waals surface area contributed by atoms with E-state index in [4.69, 9.17) is 10.5 Å². The summed E-state index contributed by atoms with van der Waals surface area (Å²) in [5.41, 5.74) is 6.99. The van der Waals surface area contributed by atoms with Crippen molar-refractivity contribution in [1.82, 2.24) is 5.32 Å². The monoisotopic (exact) mass is 374 g/mol. The maximum absolute atomic E-state index is 11.2. The number of carbonyl (C=O) groups is 1. The Balaban J connectivity index is 2.21. The van der Waals surface area contributed by atoms with Gasteiger partial charge in [0.2, 0.25) is 5.91 Å². The van der Waals surface area contributed by atoms with Gasteiger partial charge < -0.3 is 15.8 Å². The smallest absolute Gasteiger partial charge is 0.217 e. The van der Waals surface area contributed by atoms with Crippen LogP contribution in [-0.4, -0.2) is 24.6 Å². The largest absolute Gasteiger partial charge is 0.494 e. The molecule has 1 amide bonds. The first-order chi connectivity index (χ1) is 12.9. The molecule has 0 saturated heterocycles. The van der Waals surface area contributed by atoms with Gasteiger partial charge in [0.15, 0.2) is 0 Å². The second-order valence-corrected chi connectivity index (χ2v) is 8.43. The summed E-state index contributed by atoms with van der Waals surface area (Å²) in [5.74, 6) is 1.36. The first kappa shape index (κ1) is 21.7. The zero-order chi connectivity index (χ0) is 19.9. The van der Waals surface area contributed by atoms with Crippen LogP contribution < -0.4 is 15.8 Å². The quantitative estimate of drug-likeness (QED) is 0.564. The highest BCUT2D eigenvalue weighted by Gasteiger charge is 2.45. The molecule has 0 heterocycles. The number of amides is 1. The first-order valence-electron chi connectivity index (χ1n) is 10.7. The molecule has 0 bridgehead atoms. The molecule has 2 atom stereocenters. The second kappa shape index (κ2) is 10.1. The van der Waals surface area contributed by atoms with Crippen LogP contribution in [0.5, 0.6) is 5.75 Å². The highest BCUT2D eigenvalue weighted by atomic mass is 16.5. The molecule has 2 rings (SSSR count). The predicted octanol–water partition coefficient (Wildman–Crippen LogP) is 4.56. The molecular formula is C23H38N2O2. The summed E-state index contributed by atoms with van der Waals surface area (Å²) in [5, 5.41) is 3.93. The maximum Gasteiger partial charge on any atom is 0.217 e. The van der Waals surface area contributed by atoms with E-state index in [1.807, 2.05) is 6.92 Å². The summed E-state index contributed by atoms with van der Waals surface area (Å²) in [4.78, 5) is 11.2. The Hall–Kier alpha value is -1.55. The summed E-state index contributed by atoms with van der Waals surface area (Å²) in [7, 11) is 0. The molecule has 1 aromatic carbocycles. The lowest BCUT2D eigenvalue weighted by Crippen LogP contribution is -2.56. The van der Waals surface area contributed by atoms with Gasteiger partial charge >= 0.3 is 0 Å². The molecule has 4 heteroatoms. The lowest BCUT2D eigenvalue weighted by Gasteiger charge is -2.50. The van der Waals surface area contributed by atoms with Crippen molar-refractivity contribution in [3.63, 3.8) is 0 Å². The number of carbonyl (C=O) groups excluding carboxylic acids is 1. The molecule has 1 aliphatic rings. The lowest BCUT2D eigenvalue weighted by atomic mass is 9.58. The zero-order valence-corrected chi connectivity index (χ0v) is 17.6. The normalized spacial score (nSPS) is 18.0. The second-order valence-electron chi connectivity index (χ2n) is 8.43. The summed E-state index contributed by atoms with van der Waals surface area (Å²) in [6.45, 7) is 9.49. The van der Waals surface area contributed by atoms with Crippen molar-refractivity contribution in [3.05, 3.63) is 29.8 Å². The third-order valence-electron chi connectivity index (χ3n) is 6.03. The molecule has 3 N–H and O–H groups in total. The molecule has 1 aromatic rings. The molecule has 2 unspecified atom stereocenters. The van der Waals surface area contributed by atoms with E-state index < -0.39 is 0 Å². The van der Waals surface area contributed by atoms with Gasteiger partial charge in [0, 0.05) is 23.9 Å². The van der Waals surface area contributed by atoms with Gasteiger partial charge in [-0.25, -0.2) is 0 Å². The van der Waals surface area contributed by atoms with E-state index in [1.165, 1.54) is 24.8 Å². The van der Waals surface area contributed by atoms with Crippen molar-refractivity contribution in [2.45, 2.75) is 90.1 Å². The molecule has 0 aliphatic heterocycles. The van der Waals surface area contributed by atoms with Crippen molar-refractivity contribution in [2.24, 2.45) is 11.7 Å². The van der Waals surface area contributed by atoms with Crippen LogP contribution in [-0.2, 0) is 10.2 Å². The number of nitrogens with one attached hydrogen (secondary N) is 1. The van der Waals surface area contributed by atoms with Crippen LogP contribution in [0.25, 0.3) is 0 Å². The number of ether oxygens (including phenoxy) is 1. The lowest BCUT2D eigenvalue weighted by molar-refractivity contribution is -0.118. The molecule has 152 valence electrons. The molecule has 1 saturated carbocycles. The van der Waals surface area contributed by atoms with Gasteiger partial charge in [0.1, 0.15) is 5.75 Å². The molecule has 1 fully saturated rings. The number of hydrogen-bond donors (Lipinski definition) is 2. The fourth-order valence-electron chi connectivity index (χ4n) is 4.38. The zero-order valence-electron chi connectivity index (χ0n) is 17.6. The predicted molar refractivity (Wildman–Crippen MR) is 112 cm³/mol. The molecule has 27 heavy (non-hydrogen) atoms. The molecule has 0 spiro atoms. The number of nitrogens with two attached hydrogens (primary N) is 1. The van der Waals surface area contributed by atoms with E-state index in [-0.39, 0.29) is 11.3 Å². The van der Waals surface area contributed by atoms with Gasteiger partial charge in [-0.15, -0.1) is 0 Å². The highest BCUT2D eigenvalue weighted by molar-refractivity contribution is 5.73. The summed E-state index contributed by atoms with van der Waals surface area (Å²) < 4.78 is 5.63. The van der Waals surface area contributed by atoms with E-state index in [0.717, 1.165) is 25.0 Å². The molecule has 0 aromatic heterocycles. The van der Waals surface area contributed by atoms with Crippen molar-refractivity contribution >= 4 is 5.91 Å². The Bertz CT molecular complexity index is 579. The van der Waals surface area contributed by atoms with Gasteiger partial charge in [-0.1, -0.05) is 39.3 Å². The third kappa shape index (κ3) is 5.71. The molecule has 4 nitrogen and oxygen atoms in total. The number of primary amides is 1. The third-order valence-corrected chi connectivity index (χ3v) is 6.03. The first-order valence-corrected chi connectivity index (χ1v) is 10.7. The SMILES string of the molecule is CCOc1ccc(C2(C(CC(C)C)NC(CC)CCC(N)=O)CCC2)cc1. The van der Waals surface area contributed by atoms with E-state index in [9.17, 15) is 4.79 Å². The Morgan fingerprint density at radius 3 is 2.33 bits per heavy atom. The fourth-order valence-corrected chi connectivity index (χ4v) is 4.38. The average Bonchev–Trinajstić information content (AvgIpc) is 2.58. The van der Waals surface area contributed by atoms with Crippen LogP contribution in [0, 0.1) is 5.92 Å². The van der Waals surface area contributed by atoms with E-state index in [1.54, 1.807) is 0 Å². The highest BCUT2D eigenvalue weighted by Crippen LogP contribution is 2.48. The average molecular weight is 375 g/mol. The topological polar surface area (TPSA) is 64.3 Å². The summed E-state index contributed by atoms with van der Waals surface area (Å²) in [6.07, 6.45) is 7.15. The number of rotatable bonds is 12. The minimum absolute atomic E-state index is 0.190. The molecular weight excluding hydrogens is 336 g/mol.